The first-order valence-electron chi connectivity index (χ1n) is 8.01. The van der Waals surface area contributed by atoms with Gasteiger partial charge in [-0.25, -0.2) is 0 Å². The van der Waals surface area contributed by atoms with E-state index in [1.165, 1.54) is 0 Å². The molecule has 1 unspecified atom stereocenters. The second-order valence-electron chi connectivity index (χ2n) is 6.05. The minimum Gasteiger partial charge on any atom is -0.493 e. The number of hydrogen-bond acceptors (Lipinski definition) is 4. The smallest absolute Gasteiger partial charge is 0.227 e. The maximum absolute atomic E-state index is 12.5. The normalized spacial score (nSPS) is 12.3. The van der Waals surface area contributed by atoms with Gasteiger partial charge in [-0.15, -0.1) is 0 Å². The fraction of sp³-hybridized carbons (Fsp3) is 0.611. The monoisotopic (exact) mass is 323 g/mol. The van der Waals surface area contributed by atoms with Gasteiger partial charge in [-0.3, -0.25) is 4.79 Å². The number of ether oxygens (including phenoxy) is 3. The third kappa shape index (κ3) is 5.75. The molecule has 23 heavy (non-hydrogen) atoms. The Morgan fingerprint density at radius 3 is 2.26 bits per heavy atom. The minimum absolute atomic E-state index is 0.000393. The summed E-state index contributed by atoms with van der Waals surface area (Å²) in [6.07, 6.45) is 0.165. The highest BCUT2D eigenvalue weighted by molar-refractivity contribution is 5.84. The molecule has 0 bridgehead atoms. The molecule has 0 spiro atoms. The van der Waals surface area contributed by atoms with E-state index in [1.54, 1.807) is 14.2 Å². The molecule has 0 fully saturated rings. The highest BCUT2D eigenvalue weighted by atomic mass is 16.5. The first-order chi connectivity index (χ1) is 10.9. The van der Waals surface area contributed by atoms with E-state index in [2.05, 4.69) is 5.32 Å². The molecular formula is C18H29NO4. The Labute approximate surface area is 139 Å². The molecule has 1 aromatic rings. The van der Waals surface area contributed by atoms with Crippen LogP contribution in [0, 0.1) is 5.92 Å². The van der Waals surface area contributed by atoms with Crippen LogP contribution < -0.4 is 14.8 Å². The van der Waals surface area contributed by atoms with Crippen LogP contribution in [0.4, 0.5) is 0 Å². The second kappa shape index (κ2) is 9.40. The van der Waals surface area contributed by atoms with Gasteiger partial charge in [-0.1, -0.05) is 19.9 Å². The summed E-state index contributed by atoms with van der Waals surface area (Å²) >= 11 is 0. The van der Waals surface area contributed by atoms with Crippen molar-refractivity contribution < 1.29 is 19.0 Å². The van der Waals surface area contributed by atoms with Crippen molar-refractivity contribution in [2.75, 3.05) is 27.4 Å². The first kappa shape index (κ1) is 19.3. The topological polar surface area (TPSA) is 56.8 Å². The van der Waals surface area contributed by atoms with Crippen molar-refractivity contribution in [1.29, 1.82) is 0 Å². The minimum atomic E-state index is -0.242. The van der Waals surface area contributed by atoms with Gasteiger partial charge in [0.1, 0.15) is 0 Å². The Balaban J connectivity index is 2.83. The van der Waals surface area contributed by atoms with E-state index in [-0.39, 0.29) is 23.8 Å². The Kier molecular flexibility index (Phi) is 7.89. The lowest BCUT2D eigenvalue weighted by molar-refractivity contribution is -0.123. The number of carbonyl (C=O) groups is 1. The van der Waals surface area contributed by atoms with Crippen molar-refractivity contribution in [2.45, 2.75) is 39.7 Å². The average Bonchev–Trinajstić information content (AvgIpc) is 2.51. The molecule has 5 nitrogen and oxygen atoms in total. The molecule has 0 aromatic heterocycles. The number of nitrogens with one attached hydrogen (secondary N) is 1. The lowest BCUT2D eigenvalue weighted by Crippen LogP contribution is -2.34. The fourth-order valence-electron chi connectivity index (χ4n) is 2.46. The largest absolute Gasteiger partial charge is 0.493 e. The van der Waals surface area contributed by atoms with E-state index in [4.69, 9.17) is 14.2 Å². The molecule has 0 saturated heterocycles. The molecule has 130 valence electrons. The molecule has 0 radical (unpaired) electrons. The number of rotatable bonds is 9. The zero-order valence-corrected chi connectivity index (χ0v) is 15.0. The van der Waals surface area contributed by atoms with Crippen molar-refractivity contribution in [3.8, 4) is 11.5 Å². The maximum atomic E-state index is 12.5. The molecule has 0 aliphatic carbocycles. The molecule has 5 heteroatoms. The maximum Gasteiger partial charge on any atom is 0.227 e. The summed E-state index contributed by atoms with van der Waals surface area (Å²) in [7, 11) is 3.19. The van der Waals surface area contributed by atoms with Gasteiger partial charge < -0.3 is 19.5 Å². The summed E-state index contributed by atoms with van der Waals surface area (Å²) in [6.45, 7) is 9.04. The third-order valence-electron chi connectivity index (χ3n) is 3.57. The van der Waals surface area contributed by atoms with Crippen molar-refractivity contribution in [2.24, 2.45) is 5.92 Å². The number of carbonyl (C=O) groups excluding carboxylic acids is 1. The first-order valence-corrected chi connectivity index (χ1v) is 8.01. The predicted octanol–water partition coefficient (Wildman–Crippen LogP) is 2.98. The van der Waals surface area contributed by atoms with Crippen LogP contribution in [0.5, 0.6) is 11.5 Å². The SMILES string of the molecule is COc1ccc(C(C(=O)NCCOC(C)C)C(C)C)cc1OC. The van der Waals surface area contributed by atoms with Crippen LogP contribution in [-0.2, 0) is 9.53 Å². The molecule has 1 amide bonds. The van der Waals surface area contributed by atoms with Gasteiger partial charge >= 0.3 is 0 Å². The number of benzene rings is 1. The van der Waals surface area contributed by atoms with Crippen molar-refractivity contribution in [3.05, 3.63) is 23.8 Å². The number of amides is 1. The second-order valence-corrected chi connectivity index (χ2v) is 6.05. The summed E-state index contributed by atoms with van der Waals surface area (Å²) in [5.41, 5.74) is 0.917. The van der Waals surface area contributed by atoms with Crippen LogP contribution in [0.15, 0.2) is 18.2 Å². The van der Waals surface area contributed by atoms with Crippen LogP contribution in [0.1, 0.15) is 39.2 Å². The van der Waals surface area contributed by atoms with Gasteiger partial charge in [0, 0.05) is 6.54 Å². The summed E-state index contributed by atoms with van der Waals surface area (Å²) in [5, 5.41) is 2.95. The van der Waals surface area contributed by atoms with Crippen LogP contribution in [0.3, 0.4) is 0 Å². The van der Waals surface area contributed by atoms with Gasteiger partial charge in [-0.2, -0.15) is 0 Å². The van der Waals surface area contributed by atoms with Crippen molar-refractivity contribution in [3.63, 3.8) is 0 Å². The summed E-state index contributed by atoms with van der Waals surface area (Å²) < 4.78 is 16.0. The molecule has 0 aliphatic rings. The Morgan fingerprint density at radius 2 is 1.74 bits per heavy atom. The Hall–Kier alpha value is -1.75. The molecule has 1 N–H and O–H groups in total. The van der Waals surface area contributed by atoms with Crippen LogP contribution in [-0.4, -0.2) is 39.4 Å². The van der Waals surface area contributed by atoms with Gasteiger partial charge in [0.2, 0.25) is 5.91 Å². The number of methoxy groups -OCH3 is 2. The van der Waals surface area contributed by atoms with Crippen molar-refractivity contribution >= 4 is 5.91 Å². The summed E-state index contributed by atoms with van der Waals surface area (Å²) in [4.78, 5) is 12.5. The quantitative estimate of drug-likeness (QED) is 0.710. The van der Waals surface area contributed by atoms with Crippen LogP contribution >= 0.6 is 0 Å². The zero-order chi connectivity index (χ0) is 17.4. The Morgan fingerprint density at radius 1 is 1.09 bits per heavy atom. The third-order valence-corrected chi connectivity index (χ3v) is 3.57. The molecule has 1 rings (SSSR count). The van der Waals surface area contributed by atoms with Gasteiger partial charge in [0.15, 0.2) is 11.5 Å². The lowest BCUT2D eigenvalue weighted by atomic mass is 9.87. The highest BCUT2D eigenvalue weighted by Crippen LogP contribution is 2.33. The highest BCUT2D eigenvalue weighted by Gasteiger charge is 2.25. The number of hydrogen-bond donors (Lipinski definition) is 1. The molecule has 0 aliphatic heterocycles. The van der Waals surface area contributed by atoms with Crippen molar-refractivity contribution in [1.82, 2.24) is 5.32 Å². The Bertz CT molecular complexity index is 500. The predicted molar refractivity (Wildman–Crippen MR) is 91.2 cm³/mol. The van der Waals surface area contributed by atoms with E-state index in [0.717, 1.165) is 5.56 Å². The lowest BCUT2D eigenvalue weighted by Gasteiger charge is -2.22. The summed E-state index contributed by atoms with van der Waals surface area (Å²) in [6, 6.07) is 5.61. The van der Waals surface area contributed by atoms with Gasteiger partial charge in [0.25, 0.3) is 0 Å². The average molecular weight is 323 g/mol. The zero-order valence-electron chi connectivity index (χ0n) is 15.0. The van der Waals surface area contributed by atoms with E-state index in [0.29, 0.717) is 24.7 Å². The van der Waals surface area contributed by atoms with Crippen LogP contribution in [0.25, 0.3) is 0 Å². The molecule has 0 saturated carbocycles. The molecular weight excluding hydrogens is 294 g/mol. The standard InChI is InChI=1S/C18H29NO4/c1-12(2)17(18(20)19-9-10-23-13(3)4)14-7-8-15(21-5)16(11-14)22-6/h7-8,11-13,17H,9-10H2,1-6H3,(H,19,20). The van der Waals surface area contributed by atoms with E-state index in [1.807, 2.05) is 45.9 Å². The summed E-state index contributed by atoms with van der Waals surface area (Å²) in [5.74, 6) is 1.21. The van der Waals surface area contributed by atoms with Gasteiger partial charge in [-0.05, 0) is 37.5 Å². The van der Waals surface area contributed by atoms with E-state index < -0.39 is 0 Å². The van der Waals surface area contributed by atoms with Crippen LogP contribution in [0.2, 0.25) is 0 Å². The van der Waals surface area contributed by atoms with E-state index in [9.17, 15) is 4.79 Å². The molecule has 0 heterocycles. The fourth-order valence-corrected chi connectivity index (χ4v) is 2.46. The van der Waals surface area contributed by atoms with E-state index >= 15 is 0 Å². The van der Waals surface area contributed by atoms with Gasteiger partial charge in [0.05, 0.1) is 32.8 Å². The molecule has 1 aromatic carbocycles. The molecule has 1 atom stereocenters.